The van der Waals surface area contributed by atoms with E-state index in [1.54, 1.807) is 29.8 Å². The highest BCUT2D eigenvalue weighted by Gasteiger charge is 2.22. The smallest absolute Gasteiger partial charge is 0.329 e. The fourth-order valence-corrected chi connectivity index (χ4v) is 4.46. The van der Waals surface area contributed by atoms with E-state index in [1.807, 2.05) is 0 Å². The average molecular weight is 482 g/mol. The van der Waals surface area contributed by atoms with Crippen LogP contribution in [0.3, 0.4) is 0 Å². The van der Waals surface area contributed by atoms with Crippen LogP contribution < -0.4 is 21.3 Å². The Balaban J connectivity index is 1.61. The Kier molecular flexibility index (Phi) is 6.78. The SMILES string of the molecule is Cn1c(=O)[nH]c(=O)c2c1nc(NC1CCCCC1)n2C[C@H](O)COc1ccc(Cl)cc1Cl. The first-order valence-electron chi connectivity index (χ1n) is 10.6. The number of nitrogens with zero attached hydrogens (tertiary/aromatic N) is 3. The van der Waals surface area contributed by atoms with E-state index in [1.165, 1.54) is 11.0 Å². The molecule has 4 rings (SSSR count). The van der Waals surface area contributed by atoms with Crippen molar-refractivity contribution in [1.82, 2.24) is 19.1 Å². The maximum absolute atomic E-state index is 12.6. The first kappa shape index (κ1) is 22.7. The number of hydrogen-bond acceptors (Lipinski definition) is 6. The van der Waals surface area contributed by atoms with E-state index in [2.05, 4.69) is 15.3 Å². The van der Waals surface area contributed by atoms with E-state index < -0.39 is 17.4 Å². The standard InChI is InChI=1S/C21H25Cl2N5O4/c1-27-18-17(19(30)26-21(27)31)28(20(25-18)24-13-5-3-2-4-6-13)10-14(29)11-32-16-8-7-12(22)9-15(16)23/h7-9,13-14,29H,2-6,10-11H2,1H3,(H,24,25)(H,26,30,31)/t14-/m0/s1. The summed E-state index contributed by atoms with van der Waals surface area (Å²) < 4.78 is 8.54. The lowest BCUT2D eigenvalue weighted by Gasteiger charge is -2.24. The zero-order valence-electron chi connectivity index (χ0n) is 17.6. The number of H-pyrrole nitrogens is 1. The Bertz CT molecular complexity index is 1230. The van der Waals surface area contributed by atoms with Crippen LogP contribution in [-0.4, -0.2) is 43.0 Å². The number of imidazole rings is 1. The minimum atomic E-state index is -0.970. The van der Waals surface area contributed by atoms with Gasteiger partial charge in [-0.2, -0.15) is 4.98 Å². The maximum atomic E-state index is 12.6. The molecule has 0 spiro atoms. The molecule has 2 aromatic heterocycles. The quantitative estimate of drug-likeness (QED) is 0.477. The van der Waals surface area contributed by atoms with Crippen molar-refractivity contribution in [3.05, 3.63) is 49.1 Å². The van der Waals surface area contributed by atoms with Gasteiger partial charge >= 0.3 is 5.69 Å². The van der Waals surface area contributed by atoms with Gasteiger partial charge in [-0.15, -0.1) is 0 Å². The third-order valence-corrected chi connectivity index (χ3v) is 6.19. The number of anilines is 1. The summed E-state index contributed by atoms with van der Waals surface area (Å²) in [6, 6.07) is 5.04. The first-order chi connectivity index (χ1) is 15.3. The van der Waals surface area contributed by atoms with Gasteiger partial charge in [-0.3, -0.25) is 14.3 Å². The molecule has 1 aliphatic rings. The summed E-state index contributed by atoms with van der Waals surface area (Å²) in [5.74, 6) is 0.841. The predicted molar refractivity (Wildman–Crippen MR) is 124 cm³/mol. The molecule has 9 nitrogen and oxygen atoms in total. The van der Waals surface area contributed by atoms with Crippen LogP contribution in [0.1, 0.15) is 32.1 Å². The summed E-state index contributed by atoms with van der Waals surface area (Å²) in [5, 5.41) is 14.9. The van der Waals surface area contributed by atoms with Gasteiger partial charge in [-0.1, -0.05) is 42.5 Å². The van der Waals surface area contributed by atoms with E-state index in [0.717, 1.165) is 25.7 Å². The van der Waals surface area contributed by atoms with E-state index in [-0.39, 0.29) is 30.4 Å². The van der Waals surface area contributed by atoms with Crippen LogP contribution >= 0.6 is 23.2 Å². The number of aromatic nitrogens is 4. The van der Waals surface area contributed by atoms with Crippen LogP contribution in [0.15, 0.2) is 27.8 Å². The molecule has 1 saturated carbocycles. The lowest BCUT2D eigenvalue weighted by molar-refractivity contribution is 0.0938. The zero-order valence-corrected chi connectivity index (χ0v) is 19.1. The van der Waals surface area contributed by atoms with Crippen LogP contribution in [0, 0.1) is 0 Å². The van der Waals surface area contributed by atoms with Crippen molar-refractivity contribution in [3.63, 3.8) is 0 Å². The molecule has 0 aliphatic heterocycles. The number of aliphatic hydroxyl groups excluding tert-OH is 1. The number of halogens is 2. The molecule has 3 N–H and O–H groups in total. The highest BCUT2D eigenvalue weighted by Crippen LogP contribution is 2.28. The number of nitrogens with one attached hydrogen (secondary N) is 2. The Morgan fingerprint density at radius 1 is 1.28 bits per heavy atom. The fourth-order valence-electron chi connectivity index (χ4n) is 3.99. The molecule has 2 heterocycles. The Labute approximate surface area is 193 Å². The highest BCUT2D eigenvalue weighted by atomic mass is 35.5. The molecule has 1 aliphatic carbocycles. The molecular formula is C21H25Cl2N5O4. The number of aromatic amines is 1. The normalized spacial score (nSPS) is 15.8. The van der Waals surface area contributed by atoms with Crippen molar-refractivity contribution >= 4 is 40.3 Å². The number of benzene rings is 1. The second-order valence-electron chi connectivity index (χ2n) is 8.06. The van der Waals surface area contributed by atoms with Gasteiger partial charge in [0.2, 0.25) is 5.95 Å². The minimum absolute atomic E-state index is 0.0397. The minimum Gasteiger partial charge on any atom is -0.489 e. The molecule has 11 heteroatoms. The van der Waals surface area contributed by atoms with Crippen molar-refractivity contribution in [2.75, 3.05) is 11.9 Å². The average Bonchev–Trinajstić information content (AvgIpc) is 3.10. The van der Waals surface area contributed by atoms with Gasteiger partial charge < -0.3 is 19.7 Å². The molecule has 1 aromatic carbocycles. The molecule has 3 aromatic rings. The molecule has 1 atom stereocenters. The largest absolute Gasteiger partial charge is 0.489 e. The second-order valence-corrected chi connectivity index (χ2v) is 8.90. The summed E-state index contributed by atoms with van der Waals surface area (Å²) in [7, 11) is 1.55. The number of rotatable bonds is 7. The van der Waals surface area contributed by atoms with Crippen LogP contribution in [0.5, 0.6) is 5.75 Å². The molecule has 0 saturated heterocycles. The monoisotopic (exact) mass is 481 g/mol. The van der Waals surface area contributed by atoms with Crippen LogP contribution in [0.25, 0.3) is 11.2 Å². The van der Waals surface area contributed by atoms with Crippen molar-refractivity contribution in [3.8, 4) is 5.75 Å². The number of aryl methyl sites for hydroxylation is 1. The van der Waals surface area contributed by atoms with Crippen molar-refractivity contribution in [1.29, 1.82) is 0 Å². The molecule has 0 amide bonds. The lowest BCUT2D eigenvalue weighted by Crippen LogP contribution is -2.31. The van der Waals surface area contributed by atoms with Crippen molar-refractivity contribution < 1.29 is 9.84 Å². The third kappa shape index (κ3) is 4.79. The molecule has 0 radical (unpaired) electrons. The fraction of sp³-hybridized carbons (Fsp3) is 0.476. The first-order valence-corrected chi connectivity index (χ1v) is 11.3. The topological polar surface area (TPSA) is 114 Å². The van der Waals surface area contributed by atoms with Crippen LogP contribution in [0.2, 0.25) is 10.0 Å². The van der Waals surface area contributed by atoms with Gasteiger partial charge in [-0.25, -0.2) is 4.79 Å². The highest BCUT2D eigenvalue weighted by molar-refractivity contribution is 6.35. The Morgan fingerprint density at radius 2 is 2.03 bits per heavy atom. The summed E-state index contributed by atoms with van der Waals surface area (Å²) in [6.07, 6.45) is 4.47. The summed E-state index contributed by atoms with van der Waals surface area (Å²) in [4.78, 5) is 31.5. The van der Waals surface area contributed by atoms with Gasteiger partial charge in [0.05, 0.1) is 11.6 Å². The second kappa shape index (κ2) is 9.56. The van der Waals surface area contributed by atoms with Gasteiger partial charge in [0.25, 0.3) is 5.56 Å². The maximum Gasteiger partial charge on any atom is 0.329 e. The predicted octanol–water partition coefficient (Wildman–Crippen LogP) is 2.91. The Morgan fingerprint density at radius 3 is 2.75 bits per heavy atom. The summed E-state index contributed by atoms with van der Waals surface area (Å²) in [5.41, 5.74) is -0.626. The van der Waals surface area contributed by atoms with E-state index in [0.29, 0.717) is 21.7 Å². The molecule has 32 heavy (non-hydrogen) atoms. The lowest BCUT2D eigenvalue weighted by atomic mass is 9.96. The van der Waals surface area contributed by atoms with Crippen molar-refractivity contribution in [2.24, 2.45) is 7.05 Å². The summed E-state index contributed by atoms with van der Waals surface area (Å²) >= 11 is 12.0. The molecule has 1 fully saturated rings. The number of hydrogen-bond donors (Lipinski definition) is 3. The zero-order chi connectivity index (χ0) is 22.8. The number of ether oxygens (including phenoxy) is 1. The van der Waals surface area contributed by atoms with E-state index in [9.17, 15) is 14.7 Å². The Hall–Kier alpha value is -2.49. The molecular weight excluding hydrogens is 457 g/mol. The van der Waals surface area contributed by atoms with Crippen LogP contribution in [-0.2, 0) is 13.6 Å². The number of aliphatic hydroxyl groups is 1. The van der Waals surface area contributed by atoms with Gasteiger partial charge in [0, 0.05) is 18.1 Å². The summed E-state index contributed by atoms with van der Waals surface area (Å²) in [6.45, 7) is -0.0222. The van der Waals surface area contributed by atoms with Crippen molar-refractivity contribution in [2.45, 2.75) is 50.8 Å². The molecule has 172 valence electrons. The van der Waals surface area contributed by atoms with E-state index in [4.69, 9.17) is 27.9 Å². The van der Waals surface area contributed by atoms with Crippen LogP contribution in [0.4, 0.5) is 5.95 Å². The van der Waals surface area contributed by atoms with Gasteiger partial charge in [0.15, 0.2) is 11.2 Å². The van der Waals surface area contributed by atoms with E-state index >= 15 is 0 Å². The van der Waals surface area contributed by atoms with Gasteiger partial charge in [-0.05, 0) is 31.0 Å². The molecule has 0 unspecified atom stereocenters. The number of fused-ring (bicyclic) bond motifs is 1. The molecule has 0 bridgehead atoms. The third-order valence-electron chi connectivity index (χ3n) is 5.66. The van der Waals surface area contributed by atoms with Gasteiger partial charge in [0.1, 0.15) is 18.5 Å².